The molecule has 5 rings (SSSR count). The molecule has 3 heterocycles. The standard InChI is InChI=1S/C25H21F4N5O3/c26-21-7-6-18(14-20(21)25(27,28)29)36-17-4-1-3-16(13-17)15-33-9-11-34(12-10-33)24(35)31-22-19-5-2-8-30-23(19)37-32-22/h1-8,13-14H,9-12,15H2,(H,31,32,35). The van der Waals surface area contributed by atoms with Crippen molar-refractivity contribution in [3.8, 4) is 11.5 Å². The SMILES string of the molecule is O=C(Nc1noc2ncccc12)N1CCN(Cc2cccc(Oc3ccc(F)c(C(F)(F)F)c3)c2)CC1. The fraction of sp³-hybridized carbons (Fsp3) is 0.240. The molecule has 0 radical (unpaired) electrons. The Morgan fingerprint density at radius 2 is 1.81 bits per heavy atom. The van der Waals surface area contributed by atoms with Gasteiger partial charge in [-0.1, -0.05) is 17.3 Å². The number of hydrogen-bond donors (Lipinski definition) is 1. The van der Waals surface area contributed by atoms with Crippen LogP contribution in [0.15, 0.2) is 65.3 Å². The van der Waals surface area contributed by atoms with Crippen LogP contribution in [-0.2, 0) is 12.7 Å². The Morgan fingerprint density at radius 3 is 2.59 bits per heavy atom. The van der Waals surface area contributed by atoms with E-state index in [0.717, 1.165) is 17.7 Å². The summed E-state index contributed by atoms with van der Waals surface area (Å²) in [6, 6.07) is 12.7. The Balaban J connectivity index is 1.16. The molecule has 8 nitrogen and oxygen atoms in total. The molecule has 0 saturated carbocycles. The molecule has 2 aromatic heterocycles. The van der Waals surface area contributed by atoms with Crippen LogP contribution in [0.3, 0.4) is 0 Å². The molecule has 37 heavy (non-hydrogen) atoms. The Labute approximate surface area is 208 Å². The fourth-order valence-corrected chi connectivity index (χ4v) is 4.05. The number of rotatable bonds is 5. The molecule has 0 atom stereocenters. The summed E-state index contributed by atoms with van der Waals surface area (Å²) in [6.45, 7) is 2.78. The van der Waals surface area contributed by atoms with E-state index in [4.69, 9.17) is 9.26 Å². The maximum absolute atomic E-state index is 13.5. The maximum atomic E-state index is 13.5. The highest BCUT2D eigenvalue weighted by molar-refractivity contribution is 5.97. The Bertz CT molecular complexity index is 1420. The number of urea groups is 1. The van der Waals surface area contributed by atoms with Crippen LogP contribution in [0.25, 0.3) is 11.1 Å². The van der Waals surface area contributed by atoms with Gasteiger partial charge in [0.2, 0.25) is 0 Å². The molecule has 192 valence electrons. The van der Waals surface area contributed by atoms with Crippen molar-refractivity contribution in [1.29, 1.82) is 0 Å². The summed E-state index contributed by atoms with van der Waals surface area (Å²) in [5, 5.41) is 7.24. The molecule has 4 aromatic rings. The van der Waals surface area contributed by atoms with Gasteiger partial charge in [0.25, 0.3) is 5.71 Å². The van der Waals surface area contributed by atoms with E-state index in [2.05, 4.69) is 20.4 Å². The van der Waals surface area contributed by atoms with E-state index >= 15 is 0 Å². The summed E-state index contributed by atoms with van der Waals surface area (Å²) >= 11 is 0. The van der Waals surface area contributed by atoms with Crippen molar-refractivity contribution in [2.75, 3.05) is 31.5 Å². The van der Waals surface area contributed by atoms with E-state index in [-0.39, 0.29) is 11.8 Å². The van der Waals surface area contributed by atoms with E-state index in [1.165, 1.54) is 0 Å². The van der Waals surface area contributed by atoms with Crippen LogP contribution in [0.1, 0.15) is 11.1 Å². The summed E-state index contributed by atoms with van der Waals surface area (Å²) in [5.41, 5.74) is -0.152. The zero-order valence-electron chi connectivity index (χ0n) is 19.3. The van der Waals surface area contributed by atoms with Gasteiger partial charge in [0.15, 0.2) is 5.82 Å². The second-order valence-electron chi connectivity index (χ2n) is 8.47. The van der Waals surface area contributed by atoms with Crippen molar-refractivity contribution in [2.45, 2.75) is 12.7 Å². The number of hydrogen-bond acceptors (Lipinski definition) is 6. The second-order valence-corrected chi connectivity index (χ2v) is 8.47. The number of nitrogens with one attached hydrogen (secondary N) is 1. The number of pyridine rings is 1. The predicted molar refractivity (Wildman–Crippen MR) is 126 cm³/mol. The van der Waals surface area contributed by atoms with Gasteiger partial charge in [-0.05, 0) is 48.0 Å². The lowest BCUT2D eigenvalue weighted by Crippen LogP contribution is -2.49. The van der Waals surface area contributed by atoms with Crippen molar-refractivity contribution in [3.63, 3.8) is 0 Å². The average Bonchev–Trinajstić information content (AvgIpc) is 3.28. The highest BCUT2D eigenvalue weighted by Crippen LogP contribution is 2.35. The minimum atomic E-state index is -4.82. The lowest BCUT2D eigenvalue weighted by molar-refractivity contribution is -0.140. The van der Waals surface area contributed by atoms with Gasteiger partial charge in [0, 0.05) is 38.9 Å². The fourth-order valence-electron chi connectivity index (χ4n) is 4.05. The van der Waals surface area contributed by atoms with Crippen LogP contribution in [0, 0.1) is 5.82 Å². The van der Waals surface area contributed by atoms with E-state index in [0.29, 0.717) is 61.5 Å². The number of alkyl halides is 3. The number of anilines is 1. The summed E-state index contributed by atoms with van der Waals surface area (Å²) in [4.78, 5) is 20.6. The molecule has 0 bridgehead atoms. The number of fused-ring (bicyclic) bond motifs is 1. The lowest BCUT2D eigenvalue weighted by atomic mass is 10.1. The number of carbonyl (C=O) groups is 1. The number of ether oxygens (including phenoxy) is 1. The van der Waals surface area contributed by atoms with Gasteiger partial charge < -0.3 is 14.2 Å². The van der Waals surface area contributed by atoms with Gasteiger partial charge in [-0.15, -0.1) is 0 Å². The Kier molecular flexibility index (Phi) is 6.66. The van der Waals surface area contributed by atoms with Crippen LogP contribution < -0.4 is 10.1 Å². The number of piperazine rings is 1. The molecule has 0 unspecified atom stereocenters. The zero-order valence-corrected chi connectivity index (χ0v) is 19.3. The van der Waals surface area contributed by atoms with Crippen LogP contribution in [0.4, 0.5) is 28.2 Å². The number of halogens is 4. The normalized spacial score (nSPS) is 14.6. The predicted octanol–water partition coefficient (Wildman–Crippen LogP) is 5.52. The lowest BCUT2D eigenvalue weighted by Gasteiger charge is -2.34. The molecular weight excluding hydrogens is 494 g/mol. The van der Waals surface area contributed by atoms with Gasteiger partial charge in [0.05, 0.1) is 10.9 Å². The van der Waals surface area contributed by atoms with Crippen molar-refractivity contribution in [2.24, 2.45) is 0 Å². The van der Waals surface area contributed by atoms with Crippen LogP contribution in [-0.4, -0.2) is 52.2 Å². The van der Waals surface area contributed by atoms with Crippen molar-refractivity contribution < 1.29 is 31.6 Å². The minimum Gasteiger partial charge on any atom is -0.457 e. The van der Waals surface area contributed by atoms with E-state index in [1.54, 1.807) is 41.4 Å². The number of benzene rings is 2. The Hall–Kier alpha value is -4.19. The first-order valence-electron chi connectivity index (χ1n) is 11.4. The third-order valence-corrected chi connectivity index (χ3v) is 5.92. The third-order valence-electron chi connectivity index (χ3n) is 5.92. The molecule has 0 spiro atoms. The van der Waals surface area contributed by atoms with Gasteiger partial charge in [0.1, 0.15) is 17.3 Å². The molecule has 1 saturated heterocycles. The smallest absolute Gasteiger partial charge is 0.419 e. The summed E-state index contributed by atoms with van der Waals surface area (Å²) in [6.07, 6.45) is -3.24. The number of nitrogens with zero attached hydrogens (tertiary/aromatic N) is 4. The summed E-state index contributed by atoms with van der Waals surface area (Å²) in [7, 11) is 0. The highest BCUT2D eigenvalue weighted by Gasteiger charge is 2.34. The number of carbonyl (C=O) groups excluding carboxylic acids is 1. The molecule has 2 amide bonds. The molecule has 1 fully saturated rings. The maximum Gasteiger partial charge on any atom is 0.419 e. The molecule has 12 heteroatoms. The van der Waals surface area contributed by atoms with Gasteiger partial charge >= 0.3 is 12.2 Å². The summed E-state index contributed by atoms with van der Waals surface area (Å²) in [5.74, 6) is -0.811. The number of amides is 2. The quantitative estimate of drug-likeness (QED) is 0.353. The second kappa shape index (κ2) is 10.1. The molecule has 1 aliphatic rings. The van der Waals surface area contributed by atoms with E-state index in [9.17, 15) is 22.4 Å². The molecule has 1 aliphatic heterocycles. The monoisotopic (exact) mass is 515 g/mol. The molecular formula is C25H21F4N5O3. The van der Waals surface area contributed by atoms with E-state index in [1.807, 2.05) is 6.07 Å². The highest BCUT2D eigenvalue weighted by atomic mass is 19.4. The summed E-state index contributed by atoms with van der Waals surface area (Å²) < 4.78 is 63.2. The zero-order chi connectivity index (χ0) is 26.0. The topological polar surface area (TPSA) is 83.7 Å². The Morgan fingerprint density at radius 1 is 1.03 bits per heavy atom. The molecule has 1 N–H and O–H groups in total. The molecule has 0 aliphatic carbocycles. The molecule has 2 aromatic carbocycles. The average molecular weight is 515 g/mol. The number of aromatic nitrogens is 2. The largest absolute Gasteiger partial charge is 0.457 e. The van der Waals surface area contributed by atoms with Crippen LogP contribution in [0.5, 0.6) is 11.5 Å². The van der Waals surface area contributed by atoms with Crippen molar-refractivity contribution >= 4 is 22.9 Å². The van der Waals surface area contributed by atoms with Crippen LogP contribution in [0.2, 0.25) is 0 Å². The van der Waals surface area contributed by atoms with Gasteiger partial charge in [-0.2, -0.15) is 13.2 Å². The van der Waals surface area contributed by atoms with E-state index < -0.39 is 17.6 Å². The third kappa shape index (κ3) is 5.64. The first-order chi connectivity index (χ1) is 17.8. The van der Waals surface area contributed by atoms with Gasteiger partial charge in [-0.3, -0.25) is 10.2 Å². The minimum absolute atomic E-state index is 0.110. The van der Waals surface area contributed by atoms with Crippen LogP contribution >= 0.6 is 0 Å². The first kappa shape index (κ1) is 24.5. The first-order valence-corrected chi connectivity index (χ1v) is 11.4. The van der Waals surface area contributed by atoms with Crippen molar-refractivity contribution in [1.82, 2.24) is 19.9 Å². The van der Waals surface area contributed by atoms with Crippen molar-refractivity contribution in [3.05, 3.63) is 77.7 Å². The van der Waals surface area contributed by atoms with Gasteiger partial charge in [-0.25, -0.2) is 14.2 Å².